The number of rotatable bonds is 3. The highest BCUT2D eigenvalue weighted by Crippen LogP contribution is 2.50. The van der Waals surface area contributed by atoms with Crippen LogP contribution in [0.1, 0.15) is 32.6 Å². The first kappa shape index (κ1) is 12.4. The topological polar surface area (TPSA) is 35.6 Å². The number of hydrogen-bond acceptors (Lipinski definition) is 3. The summed E-state index contributed by atoms with van der Waals surface area (Å²) in [6, 6.07) is 0.711. The minimum atomic E-state index is 0.0527. The largest absolute Gasteiger partial charge is 0.340 e. The number of piperazine rings is 1. The molecule has 0 aromatic rings. The molecule has 1 saturated carbocycles. The highest BCUT2D eigenvalue weighted by Gasteiger charge is 2.50. The number of hydrogen-bond donors (Lipinski definition) is 1. The van der Waals surface area contributed by atoms with E-state index in [1.807, 2.05) is 0 Å². The third-order valence-corrected chi connectivity index (χ3v) is 5.14. The summed E-state index contributed by atoms with van der Waals surface area (Å²) in [5.41, 5.74) is 0.0527. The van der Waals surface area contributed by atoms with Crippen molar-refractivity contribution in [1.29, 1.82) is 0 Å². The first-order valence-corrected chi connectivity index (χ1v) is 7.49. The summed E-state index contributed by atoms with van der Waals surface area (Å²) >= 11 is 0. The van der Waals surface area contributed by atoms with Crippen LogP contribution in [0, 0.1) is 5.41 Å². The number of amides is 1. The normalized spacial score (nSPS) is 31.6. The maximum Gasteiger partial charge on any atom is 0.228 e. The van der Waals surface area contributed by atoms with Crippen LogP contribution in [0.2, 0.25) is 0 Å². The SMILES string of the molecule is CCC1(C(=O)N2CCN(C3CCNC3)CC2)CC1. The molecule has 0 bridgehead atoms. The molecule has 1 amide bonds. The summed E-state index contributed by atoms with van der Waals surface area (Å²) in [7, 11) is 0. The van der Waals surface area contributed by atoms with Crippen LogP contribution in [0.5, 0.6) is 0 Å². The van der Waals surface area contributed by atoms with Gasteiger partial charge in [-0.2, -0.15) is 0 Å². The van der Waals surface area contributed by atoms with Crippen LogP contribution in [0.15, 0.2) is 0 Å². The van der Waals surface area contributed by atoms with Gasteiger partial charge in [0.25, 0.3) is 0 Å². The smallest absolute Gasteiger partial charge is 0.228 e. The number of nitrogens with zero attached hydrogens (tertiary/aromatic N) is 2. The molecule has 2 aliphatic heterocycles. The monoisotopic (exact) mass is 251 g/mol. The predicted molar refractivity (Wildman–Crippen MR) is 71.4 cm³/mol. The van der Waals surface area contributed by atoms with E-state index in [9.17, 15) is 4.79 Å². The number of carbonyl (C=O) groups excluding carboxylic acids is 1. The van der Waals surface area contributed by atoms with Gasteiger partial charge in [-0.3, -0.25) is 9.69 Å². The molecule has 0 radical (unpaired) electrons. The Labute approximate surface area is 110 Å². The molecule has 2 saturated heterocycles. The second-order valence-corrected chi connectivity index (χ2v) is 6.11. The van der Waals surface area contributed by atoms with E-state index in [0.717, 1.165) is 58.5 Å². The van der Waals surface area contributed by atoms with E-state index in [0.29, 0.717) is 11.9 Å². The molecule has 4 heteroatoms. The van der Waals surface area contributed by atoms with E-state index >= 15 is 0 Å². The quantitative estimate of drug-likeness (QED) is 0.801. The Balaban J connectivity index is 1.52. The second kappa shape index (κ2) is 4.82. The van der Waals surface area contributed by atoms with E-state index in [4.69, 9.17) is 0 Å². The third-order valence-electron chi connectivity index (χ3n) is 5.14. The van der Waals surface area contributed by atoms with Gasteiger partial charge < -0.3 is 10.2 Å². The van der Waals surface area contributed by atoms with Gasteiger partial charge in [-0.25, -0.2) is 0 Å². The van der Waals surface area contributed by atoms with Crippen molar-refractivity contribution >= 4 is 5.91 Å². The van der Waals surface area contributed by atoms with Gasteiger partial charge in [0.05, 0.1) is 0 Å². The van der Waals surface area contributed by atoms with Crippen LogP contribution in [0.25, 0.3) is 0 Å². The summed E-state index contributed by atoms with van der Waals surface area (Å²) in [6.45, 7) is 8.46. The Morgan fingerprint density at radius 1 is 1.28 bits per heavy atom. The van der Waals surface area contributed by atoms with Crippen molar-refractivity contribution in [3.05, 3.63) is 0 Å². The van der Waals surface area contributed by atoms with E-state index in [2.05, 4.69) is 22.0 Å². The van der Waals surface area contributed by atoms with Crippen LogP contribution in [0.4, 0.5) is 0 Å². The molecule has 3 rings (SSSR count). The zero-order valence-electron chi connectivity index (χ0n) is 11.5. The Bertz CT molecular complexity index is 313. The Morgan fingerprint density at radius 2 is 2.00 bits per heavy atom. The molecule has 0 spiro atoms. The first-order valence-electron chi connectivity index (χ1n) is 7.49. The van der Waals surface area contributed by atoms with Gasteiger partial charge in [0.15, 0.2) is 0 Å². The lowest BCUT2D eigenvalue weighted by atomic mass is 10.0. The molecular formula is C14H25N3O. The highest BCUT2D eigenvalue weighted by atomic mass is 16.2. The van der Waals surface area contributed by atoms with Gasteiger partial charge in [-0.05, 0) is 32.2 Å². The second-order valence-electron chi connectivity index (χ2n) is 6.11. The molecule has 2 heterocycles. The molecular weight excluding hydrogens is 226 g/mol. The van der Waals surface area contributed by atoms with Crippen LogP contribution in [0.3, 0.4) is 0 Å². The van der Waals surface area contributed by atoms with Crippen molar-refractivity contribution in [2.75, 3.05) is 39.3 Å². The lowest BCUT2D eigenvalue weighted by Gasteiger charge is -2.39. The van der Waals surface area contributed by atoms with Crippen LogP contribution < -0.4 is 5.32 Å². The summed E-state index contributed by atoms with van der Waals surface area (Å²) < 4.78 is 0. The van der Waals surface area contributed by atoms with Gasteiger partial charge >= 0.3 is 0 Å². The van der Waals surface area contributed by atoms with Gasteiger partial charge in [0.2, 0.25) is 5.91 Å². The van der Waals surface area contributed by atoms with E-state index in [1.54, 1.807) is 0 Å². The highest BCUT2D eigenvalue weighted by molar-refractivity contribution is 5.85. The maximum absolute atomic E-state index is 12.4. The summed E-state index contributed by atoms with van der Waals surface area (Å²) in [5.74, 6) is 0.439. The minimum Gasteiger partial charge on any atom is -0.340 e. The van der Waals surface area contributed by atoms with Crippen molar-refractivity contribution in [2.24, 2.45) is 5.41 Å². The Morgan fingerprint density at radius 3 is 2.50 bits per heavy atom. The van der Waals surface area contributed by atoms with Crippen molar-refractivity contribution in [3.63, 3.8) is 0 Å². The molecule has 1 atom stereocenters. The molecule has 102 valence electrons. The fourth-order valence-corrected chi connectivity index (χ4v) is 3.45. The van der Waals surface area contributed by atoms with E-state index in [-0.39, 0.29) is 5.41 Å². The standard InChI is InChI=1S/C14H25N3O/c1-2-14(4-5-14)13(18)17-9-7-16(8-10-17)12-3-6-15-11-12/h12,15H,2-11H2,1H3. The van der Waals surface area contributed by atoms with Crippen molar-refractivity contribution in [1.82, 2.24) is 15.1 Å². The Hall–Kier alpha value is -0.610. The van der Waals surface area contributed by atoms with E-state index < -0.39 is 0 Å². The van der Waals surface area contributed by atoms with Gasteiger partial charge in [0, 0.05) is 44.2 Å². The zero-order chi connectivity index (χ0) is 12.6. The fraction of sp³-hybridized carbons (Fsp3) is 0.929. The fourth-order valence-electron chi connectivity index (χ4n) is 3.45. The van der Waals surface area contributed by atoms with Gasteiger partial charge in [-0.1, -0.05) is 6.92 Å². The average molecular weight is 251 g/mol. The summed E-state index contributed by atoms with van der Waals surface area (Å²) in [4.78, 5) is 17.1. The number of carbonyl (C=O) groups is 1. The molecule has 3 aliphatic rings. The molecule has 0 aromatic heterocycles. The van der Waals surface area contributed by atoms with E-state index in [1.165, 1.54) is 6.42 Å². The lowest BCUT2D eigenvalue weighted by Crippen LogP contribution is -2.53. The van der Waals surface area contributed by atoms with Crippen molar-refractivity contribution in [2.45, 2.75) is 38.6 Å². The minimum absolute atomic E-state index is 0.0527. The Kier molecular flexibility index (Phi) is 3.32. The summed E-state index contributed by atoms with van der Waals surface area (Å²) in [6.07, 6.45) is 4.54. The molecule has 0 aromatic carbocycles. The third kappa shape index (κ3) is 2.16. The van der Waals surface area contributed by atoms with Crippen molar-refractivity contribution < 1.29 is 4.79 Å². The maximum atomic E-state index is 12.4. The van der Waals surface area contributed by atoms with Crippen LogP contribution >= 0.6 is 0 Å². The van der Waals surface area contributed by atoms with Crippen LogP contribution in [-0.2, 0) is 4.79 Å². The summed E-state index contributed by atoms with van der Waals surface area (Å²) in [5, 5.41) is 3.42. The van der Waals surface area contributed by atoms with Crippen LogP contribution in [-0.4, -0.2) is 61.0 Å². The number of nitrogens with one attached hydrogen (secondary N) is 1. The average Bonchev–Trinajstić information content (AvgIpc) is 3.04. The first-order chi connectivity index (χ1) is 8.75. The van der Waals surface area contributed by atoms with Gasteiger partial charge in [0.1, 0.15) is 0 Å². The molecule has 3 fully saturated rings. The van der Waals surface area contributed by atoms with Crippen molar-refractivity contribution in [3.8, 4) is 0 Å². The lowest BCUT2D eigenvalue weighted by molar-refractivity contribution is -0.139. The molecule has 1 N–H and O–H groups in total. The molecule has 4 nitrogen and oxygen atoms in total. The predicted octanol–water partition coefficient (Wildman–Crippen LogP) is 0.683. The molecule has 1 aliphatic carbocycles. The molecule has 1 unspecified atom stereocenters. The zero-order valence-corrected chi connectivity index (χ0v) is 11.5. The van der Waals surface area contributed by atoms with Gasteiger partial charge in [-0.15, -0.1) is 0 Å². The molecule has 18 heavy (non-hydrogen) atoms.